The molecule has 0 atom stereocenters. The van der Waals surface area contributed by atoms with Crippen molar-refractivity contribution in [1.29, 1.82) is 0 Å². The lowest BCUT2D eigenvalue weighted by Gasteiger charge is -2.11. The molecule has 15 heavy (non-hydrogen) atoms. The lowest BCUT2D eigenvalue weighted by atomic mass is 10.5. The SMILES string of the molecule is C=CCO/C(C#CCOC)=C\[Si](C)(C)C. The van der Waals surface area contributed by atoms with E-state index in [2.05, 4.69) is 43.8 Å². The van der Waals surface area contributed by atoms with E-state index in [1.807, 2.05) is 0 Å². The minimum absolute atomic E-state index is 0.431. The summed E-state index contributed by atoms with van der Waals surface area (Å²) in [6.45, 7) is 11.3. The second kappa shape index (κ2) is 7.33. The van der Waals surface area contributed by atoms with Crippen LogP contribution in [0.25, 0.3) is 0 Å². The van der Waals surface area contributed by atoms with Crippen LogP contribution < -0.4 is 0 Å². The Labute approximate surface area is 94.0 Å². The molecular weight excluding hydrogens is 204 g/mol. The average Bonchev–Trinajstić information content (AvgIpc) is 2.12. The second-order valence-electron chi connectivity index (χ2n) is 4.21. The minimum atomic E-state index is -1.30. The Kier molecular flexibility index (Phi) is 6.85. The van der Waals surface area contributed by atoms with Crippen LogP contribution in [0.3, 0.4) is 0 Å². The molecule has 0 spiro atoms. The molecule has 0 unspecified atom stereocenters. The van der Waals surface area contributed by atoms with Crippen molar-refractivity contribution in [1.82, 2.24) is 0 Å². The standard InChI is InChI=1S/C12H20O2Si/c1-6-9-14-12(8-7-10-13-2)11-15(3,4)5/h6,11H,1,9-10H2,2-5H3/b12-11-. The van der Waals surface area contributed by atoms with Gasteiger partial charge in [0.1, 0.15) is 13.2 Å². The molecule has 0 saturated heterocycles. The lowest BCUT2D eigenvalue weighted by Crippen LogP contribution is -2.17. The fraction of sp³-hybridized carbons (Fsp3) is 0.500. The number of methoxy groups -OCH3 is 1. The van der Waals surface area contributed by atoms with E-state index in [1.54, 1.807) is 13.2 Å². The molecule has 3 heteroatoms. The van der Waals surface area contributed by atoms with Crippen LogP contribution in [0.2, 0.25) is 19.6 Å². The maximum Gasteiger partial charge on any atom is 0.162 e. The maximum atomic E-state index is 5.46. The van der Waals surface area contributed by atoms with Crippen molar-refractivity contribution in [2.75, 3.05) is 20.3 Å². The summed E-state index contributed by atoms with van der Waals surface area (Å²) in [5.74, 6) is 6.59. The van der Waals surface area contributed by atoms with Crippen LogP contribution in [0.4, 0.5) is 0 Å². The Morgan fingerprint density at radius 1 is 1.40 bits per heavy atom. The fourth-order valence-corrected chi connectivity index (χ4v) is 1.79. The van der Waals surface area contributed by atoms with Gasteiger partial charge in [0, 0.05) is 7.11 Å². The number of allylic oxidation sites excluding steroid dienone is 1. The molecule has 0 rings (SSSR count). The Balaban J connectivity index is 4.52. The molecule has 2 nitrogen and oxygen atoms in total. The molecule has 0 heterocycles. The fourth-order valence-electron chi connectivity index (χ4n) is 0.851. The van der Waals surface area contributed by atoms with Gasteiger partial charge in [-0.25, -0.2) is 0 Å². The Morgan fingerprint density at radius 2 is 2.07 bits per heavy atom. The molecule has 0 aliphatic heterocycles. The highest BCUT2D eigenvalue weighted by molar-refractivity contribution is 6.81. The quantitative estimate of drug-likeness (QED) is 0.309. The highest BCUT2D eigenvalue weighted by atomic mass is 28.3. The van der Waals surface area contributed by atoms with E-state index in [1.165, 1.54) is 0 Å². The summed E-state index contributed by atoms with van der Waals surface area (Å²) in [7, 11) is 0.331. The van der Waals surface area contributed by atoms with Gasteiger partial charge in [-0.15, -0.1) is 0 Å². The van der Waals surface area contributed by atoms with Gasteiger partial charge in [-0.3, -0.25) is 0 Å². The third-order valence-electron chi connectivity index (χ3n) is 1.35. The molecule has 0 radical (unpaired) electrons. The van der Waals surface area contributed by atoms with E-state index in [-0.39, 0.29) is 0 Å². The van der Waals surface area contributed by atoms with Crippen molar-refractivity contribution in [2.45, 2.75) is 19.6 Å². The zero-order chi connectivity index (χ0) is 11.7. The maximum absolute atomic E-state index is 5.46. The van der Waals surface area contributed by atoms with Gasteiger partial charge < -0.3 is 9.47 Å². The van der Waals surface area contributed by atoms with E-state index in [9.17, 15) is 0 Å². The first-order chi connectivity index (χ1) is 6.99. The average molecular weight is 224 g/mol. The summed E-state index contributed by atoms with van der Waals surface area (Å²) < 4.78 is 10.3. The molecule has 0 aromatic rings. The summed E-state index contributed by atoms with van der Waals surface area (Å²) in [4.78, 5) is 0. The van der Waals surface area contributed by atoms with Crippen LogP contribution in [0.1, 0.15) is 0 Å². The van der Waals surface area contributed by atoms with Crippen molar-refractivity contribution in [3.8, 4) is 11.8 Å². The van der Waals surface area contributed by atoms with Gasteiger partial charge in [-0.05, 0) is 11.6 Å². The molecule has 0 bridgehead atoms. The molecule has 0 aliphatic carbocycles. The molecular formula is C12H20O2Si. The van der Waals surface area contributed by atoms with Gasteiger partial charge in [0.2, 0.25) is 0 Å². The van der Waals surface area contributed by atoms with Gasteiger partial charge in [-0.1, -0.05) is 38.2 Å². The Hall–Kier alpha value is -0.983. The van der Waals surface area contributed by atoms with E-state index < -0.39 is 8.07 Å². The predicted octanol–water partition coefficient (Wildman–Crippen LogP) is 2.60. The Morgan fingerprint density at radius 3 is 2.53 bits per heavy atom. The van der Waals surface area contributed by atoms with Gasteiger partial charge in [0.15, 0.2) is 5.76 Å². The van der Waals surface area contributed by atoms with Crippen LogP contribution in [0, 0.1) is 11.8 Å². The number of hydrogen-bond donors (Lipinski definition) is 0. The van der Waals surface area contributed by atoms with Crippen molar-refractivity contribution >= 4 is 8.07 Å². The molecule has 0 aromatic carbocycles. The van der Waals surface area contributed by atoms with Crippen LogP contribution in [0.15, 0.2) is 24.1 Å². The first-order valence-electron chi connectivity index (χ1n) is 4.94. The molecule has 0 saturated carbocycles. The van der Waals surface area contributed by atoms with Crippen LogP contribution in [0.5, 0.6) is 0 Å². The molecule has 0 aliphatic rings. The number of hydrogen-bond acceptors (Lipinski definition) is 2. The van der Waals surface area contributed by atoms with Crippen molar-refractivity contribution < 1.29 is 9.47 Å². The first-order valence-corrected chi connectivity index (χ1v) is 8.51. The lowest BCUT2D eigenvalue weighted by molar-refractivity contribution is 0.239. The predicted molar refractivity (Wildman–Crippen MR) is 67.2 cm³/mol. The van der Waals surface area contributed by atoms with Crippen LogP contribution in [-0.2, 0) is 9.47 Å². The summed E-state index contributed by atoms with van der Waals surface area (Å²) in [5.41, 5.74) is 2.14. The van der Waals surface area contributed by atoms with Crippen molar-refractivity contribution in [3.05, 3.63) is 24.1 Å². The van der Waals surface area contributed by atoms with E-state index in [0.29, 0.717) is 13.2 Å². The zero-order valence-corrected chi connectivity index (χ0v) is 11.1. The molecule has 0 amide bonds. The highest BCUT2D eigenvalue weighted by Crippen LogP contribution is 2.07. The number of rotatable bonds is 5. The van der Waals surface area contributed by atoms with Gasteiger partial charge in [0.25, 0.3) is 0 Å². The van der Waals surface area contributed by atoms with E-state index in [0.717, 1.165) is 5.76 Å². The molecule has 0 N–H and O–H groups in total. The third-order valence-corrected chi connectivity index (χ3v) is 2.48. The first kappa shape index (κ1) is 14.0. The van der Waals surface area contributed by atoms with Crippen molar-refractivity contribution in [2.24, 2.45) is 0 Å². The largest absolute Gasteiger partial charge is 0.482 e. The number of ether oxygens (including phenoxy) is 2. The molecule has 0 fully saturated rings. The summed E-state index contributed by atoms with van der Waals surface area (Å²) in [5, 5.41) is 0. The smallest absolute Gasteiger partial charge is 0.162 e. The highest BCUT2D eigenvalue weighted by Gasteiger charge is 2.10. The third kappa shape index (κ3) is 9.32. The van der Waals surface area contributed by atoms with Crippen molar-refractivity contribution in [3.63, 3.8) is 0 Å². The molecule has 0 aromatic heterocycles. The zero-order valence-electron chi connectivity index (χ0n) is 10.1. The van der Waals surface area contributed by atoms with Crippen LogP contribution in [-0.4, -0.2) is 28.4 Å². The minimum Gasteiger partial charge on any atom is -0.482 e. The van der Waals surface area contributed by atoms with Gasteiger partial charge in [-0.2, -0.15) is 0 Å². The Bertz CT molecular complexity index is 276. The summed E-state index contributed by atoms with van der Waals surface area (Å²) >= 11 is 0. The van der Waals surface area contributed by atoms with Gasteiger partial charge >= 0.3 is 0 Å². The second-order valence-corrected chi connectivity index (χ2v) is 9.23. The topological polar surface area (TPSA) is 18.5 Å². The van der Waals surface area contributed by atoms with Crippen LogP contribution >= 0.6 is 0 Å². The summed E-state index contributed by atoms with van der Waals surface area (Å²) in [6.07, 6.45) is 1.72. The molecule has 84 valence electrons. The summed E-state index contributed by atoms with van der Waals surface area (Å²) in [6, 6.07) is 0. The van der Waals surface area contributed by atoms with Gasteiger partial charge in [0.05, 0.1) is 8.07 Å². The van der Waals surface area contributed by atoms with E-state index >= 15 is 0 Å². The van der Waals surface area contributed by atoms with E-state index in [4.69, 9.17) is 9.47 Å². The normalized spacial score (nSPS) is 11.6. The monoisotopic (exact) mass is 224 g/mol.